The van der Waals surface area contributed by atoms with E-state index in [1.54, 1.807) is 24.3 Å². The second kappa shape index (κ2) is 9.59. The lowest BCUT2D eigenvalue weighted by Crippen LogP contribution is -2.18. The highest BCUT2D eigenvalue weighted by Crippen LogP contribution is 2.37. The van der Waals surface area contributed by atoms with Gasteiger partial charge in [0.05, 0.1) is 17.9 Å². The highest BCUT2D eigenvalue weighted by atomic mass is 19.4. The number of para-hydroxylation sites is 1. The average molecular weight is 486 g/mol. The highest BCUT2D eigenvalue weighted by Gasteiger charge is 2.35. The Morgan fingerprint density at radius 2 is 1.66 bits per heavy atom. The average Bonchev–Trinajstić information content (AvgIpc) is 3.19. The minimum atomic E-state index is -4.84. The number of hydrogen-bond donors (Lipinski definition) is 2. The van der Waals surface area contributed by atoms with Gasteiger partial charge in [-0.3, -0.25) is 9.59 Å². The molecule has 2 amide bonds. The standard InChI is InChI=1S/C25H18F4N2O4/c1-34-13-18-17-4-2-3-5-21(17)35-22(18)24(33)31-20-11-10-16(12-19(20)25(27,28)29)30-23(32)14-6-8-15(26)9-7-14/h2-12H,13H2,1H3,(H,30,32)(H,31,33). The van der Waals surface area contributed by atoms with Crippen molar-refractivity contribution < 1.29 is 36.3 Å². The summed E-state index contributed by atoms with van der Waals surface area (Å²) in [5.74, 6) is -2.34. The summed E-state index contributed by atoms with van der Waals surface area (Å²) >= 11 is 0. The number of amides is 2. The van der Waals surface area contributed by atoms with Crippen molar-refractivity contribution in [3.05, 3.63) is 95.0 Å². The Balaban J connectivity index is 1.63. The van der Waals surface area contributed by atoms with Gasteiger partial charge in [0, 0.05) is 29.3 Å². The fourth-order valence-corrected chi connectivity index (χ4v) is 3.52. The molecule has 0 aliphatic rings. The molecule has 0 atom stereocenters. The van der Waals surface area contributed by atoms with Crippen LogP contribution in [0.5, 0.6) is 0 Å². The molecule has 10 heteroatoms. The summed E-state index contributed by atoms with van der Waals surface area (Å²) < 4.78 is 65.2. The van der Waals surface area contributed by atoms with Gasteiger partial charge < -0.3 is 19.8 Å². The van der Waals surface area contributed by atoms with Gasteiger partial charge >= 0.3 is 6.18 Å². The second-order valence-corrected chi connectivity index (χ2v) is 7.51. The van der Waals surface area contributed by atoms with Gasteiger partial charge in [-0.1, -0.05) is 18.2 Å². The molecule has 1 aromatic heterocycles. The fourth-order valence-electron chi connectivity index (χ4n) is 3.52. The molecule has 6 nitrogen and oxygen atoms in total. The lowest BCUT2D eigenvalue weighted by molar-refractivity contribution is -0.136. The first kappa shape index (κ1) is 24.0. The molecular weight excluding hydrogens is 468 g/mol. The Morgan fingerprint density at radius 1 is 0.943 bits per heavy atom. The molecule has 0 saturated carbocycles. The van der Waals surface area contributed by atoms with Gasteiger partial charge in [-0.25, -0.2) is 4.39 Å². The molecule has 180 valence electrons. The maximum absolute atomic E-state index is 13.8. The van der Waals surface area contributed by atoms with Gasteiger partial charge in [-0.15, -0.1) is 0 Å². The number of nitrogens with one attached hydrogen (secondary N) is 2. The molecule has 4 rings (SSSR count). The summed E-state index contributed by atoms with van der Waals surface area (Å²) in [5, 5.41) is 5.19. The van der Waals surface area contributed by atoms with Crippen molar-refractivity contribution in [1.82, 2.24) is 0 Å². The van der Waals surface area contributed by atoms with E-state index < -0.39 is 35.1 Å². The quantitative estimate of drug-likeness (QED) is 0.316. The molecular formula is C25H18F4N2O4. The zero-order valence-electron chi connectivity index (χ0n) is 18.2. The van der Waals surface area contributed by atoms with E-state index in [1.807, 2.05) is 0 Å². The number of carbonyl (C=O) groups excluding carboxylic acids is 2. The van der Waals surface area contributed by atoms with E-state index in [1.165, 1.54) is 25.3 Å². The summed E-state index contributed by atoms with van der Waals surface area (Å²) in [6.45, 7) is 0.0141. The van der Waals surface area contributed by atoms with Crippen LogP contribution >= 0.6 is 0 Å². The van der Waals surface area contributed by atoms with Crippen molar-refractivity contribution in [3.8, 4) is 0 Å². The predicted molar refractivity (Wildman–Crippen MR) is 121 cm³/mol. The van der Waals surface area contributed by atoms with E-state index in [2.05, 4.69) is 10.6 Å². The Kier molecular flexibility index (Phi) is 6.57. The molecule has 4 aromatic rings. The summed E-state index contributed by atoms with van der Waals surface area (Å²) in [6, 6.07) is 14.2. The first-order valence-corrected chi connectivity index (χ1v) is 10.3. The number of rotatable bonds is 6. The van der Waals surface area contributed by atoms with Gasteiger partial charge in [-0.05, 0) is 48.5 Å². The third-order valence-corrected chi connectivity index (χ3v) is 5.13. The lowest BCUT2D eigenvalue weighted by Gasteiger charge is -2.16. The normalized spacial score (nSPS) is 11.5. The molecule has 0 spiro atoms. The van der Waals surface area contributed by atoms with Crippen molar-refractivity contribution in [3.63, 3.8) is 0 Å². The van der Waals surface area contributed by atoms with Crippen molar-refractivity contribution in [2.75, 3.05) is 17.7 Å². The Morgan fingerprint density at radius 3 is 2.34 bits per heavy atom. The molecule has 0 radical (unpaired) electrons. The summed E-state index contributed by atoms with van der Waals surface area (Å²) in [4.78, 5) is 25.2. The third-order valence-electron chi connectivity index (χ3n) is 5.13. The van der Waals surface area contributed by atoms with Gasteiger partial charge in [0.25, 0.3) is 11.8 Å². The molecule has 0 bridgehead atoms. The number of alkyl halides is 3. The van der Waals surface area contributed by atoms with Crippen molar-refractivity contribution in [2.45, 2.75) is 12.8 Å². The van der Waals surface area contributed by atoms with Crippen LogP contribution in [0.1, 0.15) is 32.0 Å². The van der Waals surface area contributed by atoms with Gasteiger partial charge in [0.1, 0.15) is 11.4 Å². The van der Waals surface area contributed by atoms with Crippen LogP contribution in [0.2, 0.25) is 0 Å². The van der Waals surface area contributed by atoms with E-state index in [4.69, 9.17) is 9.15 Å². The Hall–Kier alpha value is -4.18. The van der Waals surface area contributed by atoms with E-state index >= 15 is 0 Å². The van der Waals surface area contributed by atoms with Crippen LogP contribution in [-0.4, -0.2) is 18.9 Å². The number of methoxy groups -OCH3 is 1. The molecule has 0 saturated heterocycles. The molecule has 2 N–H and O–H groups in total. The van der Waals surface area contributed by atoms with Crippen molar-refractivity contribution >= 4 is 34.2 Å². The number of furan rings is 1. The van der Waals surface area contributed by atoms with Gasteiger partial charge in [0.15, 0.2) is 5.76 Å². The van der Waals surface area contributed by atoms with Gasteiger partial charge in [-0.2, -0.15) is 13.2 Å². The zero-order chi connectivity index (χ0) is 25.2. The molecule has 0 fully saturated rings. The minimum absolute atomic E-state index is 0.0141. The van der Waals surface area contributed by atoms with Crippen LogP contribution in [0.3, 0.4) is 0 Å². The lowest BCUT2D eigenvalue weighted by atomic mass is 10.1. The third kappa shape index (κ3) is 5.17. The number of benzene rings is 3. The van der Waals surface area contributed by atoms with E-state index in [-0.39, 0.29) is 23.6 Å². The van der Waals surface area contributed by atoms with E-state index in [9.17, 15) is 27.2 Å². The summed E-state index contributed by atoms with van der Waals surface area (Å²) in [5.41, 5.74) is -1.00. The second-order valence-electron chi connectivity index (χ2n) is 7.51. The maximum atomic E-state index is 13.8. The van der Waals surface area contributed by atoms with Crippen LogP contribution in [0.4, 0.5) is 28.9 Å². The molecule has 35 heavy (non-hydrogen) atoms. The number of ether oxygens (including phenoxy) is 1. The Labute approximate surface area is 196 Å². The number of carbonyl (C=O) groups is 2. The first-order valence-electron chi connectivity index (χ1n) is 10.3. The topological polar surface area (TPSA) is 80.6 Å². The largest absolute Gasteiger partial charge is 0.451 e. The SMILES string of the molecule is COCc1c(C(=O)Nc2ccc(NC(=O)c3ccc(F)cc3)cc2C(F)(F)F)oc2ccccc12. The summed E-state index contributed by atoms with van der Waals surface area (Å²) in [6.07, 6.45) is -4.84. The van der Waals surface area contributed by atoms with Crippen molar-refractivity contribution in [1.29, 1.82) is 0 Å². The van der Waals surface area contributed by atoms with E-state index in [0.29, 0.717) is 22.6 Å². The van der Waals surface area contributed by atoms with Crippen molar-refractivity contribution in [2.24, 2.45) is 0 Å². The van der Waals surface area contributed by atoms with Gasteiger partial charge in [0.2, 0.25) is 0 Å². The molecule has 0 aliphatic heterocycles. The number of fused-ring (bicyclic) bond motifs is 1. The molecule has 0 aliphatic carbocycles. The first-order chi connectivity index (χ1) is 16.7. The monoisotopic (exact) mass is 486 g/mol. The van der Waals surface area contributed by atoms with Crippen LogP contribution in [-0.2, 0) is 17.5 Å². The number of halogens is 4. The molecule has 0 unspecified atom stereocenters. The zero-order valence-corrected chi connectivity index (χ0v) is 18.2. The molecule has 1 heterocycles. The summed E-state index contributed by atoms with van der Waals surface area (Å²) in [7, 11) is 1.42. The fraction of sp³-hybridized carbons (Fsp3) is 0.120. The van der Waals surface area contributed by atoms with Crippen LogP contribution in [0.25, 0.3) is 11.0 Å². The number of hydrogen-bond acceptors (Lipinski definition) is 4. The number of anilines is 2. The van der Waals surface area contributed by atoms with Crippen LogP contribution < -0.4 is 10.6 Å². The van der Waals surface area contributed by atoms with Crippen LogP contribution in [0.15, 0.2) is 71.1 Å². The minimum Gasteiger partial charge on any atom is -0.451 e. The highest BCUT2D eigenvalue weighted by molar-refractivity contribution is 6.07. The Bertz CT molecular complexity index is 1400. The van der Waals surface area contributed by atoms with E-state index in [0.717, 1.165) is 18.2 Å². The predicted octanol–water partition coefficient (Wildman–Crippen LogP) is 6.24. The smallest absolute Gasteiger partial charge is 0.418 e. The molecule has 3 aromatic carbocycles. The van der Waals surface area contributed by atoms with Crippen LogP contribution in [0, 0.1) is 5.82 Å². The maximum Gasteiger partial charge on any atom is 0.418 e.